The number of aromatic nitrogens is 2. The summed E-state index contributed by atoms with van der Waals surface area (Å²) in [7, 11) is 0. The summed E-state index contributed by atoms with van der Waals surface area (Å²) in [5.74, 6) is 0.191. The Kier molecular flexibility index (Phi) is 3.00. The van der Waals surface area contributed by atoms with Gasteiger partial charge in [-0.3, -0.25) is 0 Å². The highest BCUT2D eigenvalue weighted by Gasteiger charge is 2.07. The Hall–Kier alpha value is -1.69. The second-order valence-corrected chi connectivity index (χ2v) is 3.88. The van der Waals surface area contributed by atoms with Gasteiger partial charge in [0.1, 0.15) is 11.6 Å². The molecule has 2 aromatic rings. The first-order valence-electron chi connectivity index (χ1n) is 4.46. The molecule has 1 heterocycles. The molecule has 0 unspecified atom stereocenters. The molecular formula is C10H8BrFN4. The van der Waals surface area contributed by atoms with Crippen LogP contribution in [-0.4, -0.2) is 9.97 Å². The Morgan fingerprint density at radius 3 is 2.81 bits per heavy atom. The average molecular weight is 283 g/mol. The molecular weight excluding hydrogens is 275 g/mol. The number of nitrogens with zero attached hydrogens (tertiary/aromatic N) is 2. The smallest absolute Gasteiger partial charge is 0.229 e. The monoisotopic (exact) mass is 282 g/mol. The van der Waals surface area contributed by atoms with E-state index in [1.807, 2.05) is 0 Å². The number of hydrogen-bond donors (Lipinski definition) is 2. The highest BCUT2D eigenvalue weighted by molar-refractivity contribution is 9.10. The van der Waals surface area contributed by atoms with Gasteiger partial charge in [0.25, 0.3) is 0 Å². The molecule has 0 atom stereocenters. The zero-order valence-electron chi connectivity index (χ0n) is 8.11. The lowest BCUT2D eigenvalue weighted by molar-refractivity contribution is 0.631. The van der Waals surface area contributed by atoms with Crippen molar-refractivity contribution >= 4 is 33.4 Å². The number of benzene rings is 1. The molecule has 1 aromatic heterocycles. The molecule has 1 aromatic carbocycles. The first kappa shape index (κ1) is 10.8. The van der Waals surface area contributed by atoms with Gasteiger partial charge in [0.2, 0.25) is 5.95 Å². The number of para-hydroxylation sites is 1. The molecule has 6 heteroatoms. The lowest BCUT2D eigenvalue weighted by Gasteiger charge is -2.07. The van der Waals surface area contributed by atoms with Crippen LogP contribution in [0.2, 0.25) is 0 Å². The summed E-state index contributed by atoms with van der Waals surface area (Å²) in [6.45, 7) is 0. The second-order valence-electron chi connectivity index (χ2n) is 3.03. The number of nitrogens with two attached hydrogens (primary N) is 1. The van der Waals surface area contributed by atoms with Gasteiger partial charge in [-0.05, 0) is 34.1 Å². The average Bonchev–Trinajstić information content (AvgIpc) is 2.24. The van der Waals surface area contributed by atoms with Gasteiger partial charge in [-0.1, -0.05) is 6.07 Å². The Balaban J connectivity index is 2.34. The fourth-order valence-corrected chi connectivity index (χ4v) is 1.60. The predicted octanol–water partition coefficient (Wildman–Crippen LogP) is 2.70. The van der Waals surface area contributed by atoms with Gasteiger partial charge in [0, 0.05) is 10.7 Å². The number of rotatable bonds is 2. The zero-order chi connectivity index (χ0) is 11.5. The molecule has 0 spiro atoms. The van der Waals surface area contributed by atoms with Crippen LogP contribution < -0.4 is 11.1 Å². The van der Waals surface area contributed by atoms with Crippen LogP contribution in [0.25, 0.3) is 0 Å². The summed E-state index contributed by atoms with van der Waals surface area (Å²) in [5.41, 5.74) is 5.78. The second kappa shape index (κ2) is 4.44. The van der Waals surface area contributed by atoms with Crippen LogP contribution in [0.5, 0.6) is 0 Å². The van der Waals surface area contributed by atoms with Crippen molar-refractivity contribution in [2.24, 2.45) is 0 Å². The van der Waals surface area contributed by atoms with Gasteiger partial charge in [-0.15, -0.1) is 0 Å². The summed E-state index contributed by atoms with van der Waals surface area (Å²) in [5, 5.41) is 2.76. The van der Waals surface area contributed by atoms with Crippen molar-refractivity contribution in [1.82, 2.24) is 9.97 Å². The molecule has 0 aliphatic rings. The van der Waals surface area contributed by atoms with Gasteiger partial charge in [0.05, 0.1) is 5.69 Å². The topological polar surface area (TPSA) is 63.8 Å². The predicted molar refractivity (Wildman–Crippen MR) is 63.8 cm³/mol. The van der Waals surface area contributed by atoms with Crippen molar-refractivity contribution in [3.05, 3.63) is 40.8 Å². The van der Waals surface area contributed by atoms with Crippen molar-refractivity contribution in [2.45, 2.75) is 0 Å². The summed E-state index contributed by atoms with van der Waals surface area (Å²) >= 11 is 3.23. The van der Waals surface area contributed by atoms with E-state index in [2.05, 4.69) is 31.2 Å². The van der Waals surface area contributed by atoms with Crippen LogP contribution in [-0.2, 0) is 0 Å². The molecule has 0 saturated heterocycles. The van der Waals surface area contributed by atoms with E-state index >= 15 is 0 Å². The SMILES string of the molecule is Nc1ccnc(Nc2c(F)cccc2Br)n1. The number of hydrogen-bond acceptors (Lipinski definition) is 4. The molecule has 0 saturated carbocycles. The quantitative estimate of drug-likeness (QED) is 0.889. The van der Waals surface area contributed by atoms with Crippen LogP contribution in [0.1, 0.15) is 0 Å². The molecule has 82 valence electrons. The Labute approximate surface area is 99.9 Å². The fourth-order valence-electron chi connectivity index (χ4n) is 1.16. The van der Waals surface area contributed by atoms with E-state index in [0.29, 0.717) is 10.3 Å². The number of halogens is 2. The van der Waals surface area contributed by atoms with Crippen LogP contribution in [0.4, 0.5) is 21.8 Å². The molecule has 0 fully saturated rings. The molecule has 4 nitrogen and oxygen atoms in total. The molecule has 16 heavy (non-hydrogen) atoms. The third kappa shape index (κ3) is 2.27. The largest absolute Gasteiger partial charge is 0.384 e. The molecule has 3 N–H and O–H groups in total. The number of nitrogen functional groups attached to an aromatic ring is 1. The minimum absolute atomic E-state index is 0.255. The molecule has 0 bridgehead atoms. The lowest BCUT2D eigenvalue weighted by atomic mass is 10.3. The minimum atomic E-state index is -0.389. The van der Waals surface area contributed by atoms with Crippen molar-refractivity contribution in [1.29, 1.82) is 0 Å². The van der Waals surface area contributed by atoms with Gasteiger partial charge < -0.3 is 11.1 Å². The Bertz CT molecular complexity index is 498. The van der Waals surface area contributed by atoms with Gasteiger partial charge in [-0.2, -0.15) is 4.98 Å². The van der Waals surface area contributed by atoms with Gasteiger partial charge in [0.15, 0.2) is 0 Å². The van der Waals surface area contributed by atoms with Gasteiger partial charge in [-0.25, -0.2) is 9.37 Å². The zero-order valence-corrected chi connectivity index (χ0v) is 9.70. The first-order valence-corrected chi connectivity index (χ1v) is 5.25. The molecule has 0 amide bonds. The maximum absolute atomic E-state index is 13.5. The van der Waals surface area contributed by atoms with Crippen LogP contribution >= 0.6 is 15.9 Å². The van der Waals surface area contributed by atoms with Crippen molar-refractivity contribution in [2.75, 3.05) is 11.1 Å². The van der Waals surface area contributed by atoms with Crippen LogP contribution in [0.15, 0.2) is 34.9 Å². The highest BCUT2D eigenvalue weighted by atomic mass is 79.9. The van der Waals surface area contributed by atoms with E-state index in [1.54, 1.807) is 18.2 Å². The summed E-state index contributed by atoms with van der Waals surface area (Å²) in [6.07, 6.45) is 1.50. The van der Waals surface area contributed by atoms with Crippen molar-refractivity contribution in [3.8, 4) is 0 Å². The molecule has 0 aliphatic heterocycles. The summed E-state index contributed by atoms with van der Waals surface area (Å²) in [4.78, 5) is 7.85. The maximum Gasteiger partial charge on any atom is 0.229 e. The summed E-state index contributed by atoms with van der Waals surface area (Å²) < 4.78 is 14.1. The van der Waals surface area contributed by atoms with E-state index in [4.69, 9.17) is 5.73 Å². The normalized spacial score (nSPS) is 10.1. The van der Waals surface area contributed by atoms with Crippen molar-refractivity contribution < 1.29 is 4.39 Å². The molecule has 0 radical (unpaired) electrons. The van der Waals surface area contributed by atoms with E-state index in [9.17, 15) is 4.39 Å². The van der Waals surface area contributed by atoms with Crippen LogP contribution in [0, 0.1) is 5.82 Å². The first-order chi connectivity index (χ1) is 7.66. The third-order valence-corrected chi connectivity index (χ3v) is 2.54. The Morgan fingerprint density at radius 1 is 1.31 bits per heavy atom. The third-order valence-electron chi connectivity index (χ3n) is 1.88. The van der Waals surface area contributed by atoms with E-state index in [1.165, 1.54) is 12.3 Å². The minimum Gasteiger partial charge on any atom is -0.384 e. The van der Waals surface area contributed by atoms with Crippen molar-refractivity contribution in [3.63, 3.8) is 0 Å². The van der Waals surface area contributed by atoms with E-state index < -0.39 is 0 Å². The number of nitrogens with one attached hydrogen (secondary N) is 1. The van der Waals surface area contributed by atoms with Gasteiger partial charge >= 0.3 is 0 Å². The molecule has 2 rings (SSSR count). The Morgan fingerprint density at radius 2 is 2.12 bits per heavy atom. The van der Waals surface area contributed by atoms with E-state index in [0.717, 1.165) is 0 Å². The number of anilines is 3. The maximum atomic E-state index is 13.5. The lowest BCUT2D eigenvalue weighted by Crippen LogP contribution is -2.01. The highest BCUT2D eigenvalue weighted by Crippen LogP contribution is 2.27. The summed E-state index contributed by atoms with van der Waals surface area (Å²) in [6, 6.07) is 6.23. The van der Waals surface area contributed by atoms with E-state index in [-0.39, 0.29) is 17.5 Å². The standard InChI is InChI=1S/C10H8BrFN4/c11-6-2-1-3-7(12)9(6)16-10-14-5-4-8(13)15-10/h1-5H,(H3,13,14,15,16). The fraction of sp³-hybridized carbons (Fsp3) is 0. The van der Waals surface area contributed by atoms with Crippen LogP contribution in [0.3, 0.4) is 0 Å². The molecule has 0 aliphatic carbocycles.